The first kappa shape index (κ1) is 14.0. The van der Waals surface area contributed by atoms with Gasteiger partial charge in [0.1, 0.15) is 0 Å². The van der Waals surface area contributed by atoms with E-state index in [-0.39, 0.29) is 11.3 Å². The normalized spacial score (nSPS) is 22.7. The number of fused-ring (bicyclic) bond motifs is 3. The molecule has 4 rings (SSSR count). The van der Waals surface area contributed by atoms with Crippen molar-refractivity contribution in [2.24, 2.45) is 4.99 Å². The lowest BCUT2D eigenvalue weighted by Crippen LogP contribution is -2.33. The summed E-state index contributed by atoms with van der Waals surface area (Å²) in [5.74, 6) is 0.210. The fourth-order valence-electron chi connectivity index (χ4n) is 3.69. The molecule has 3 aromatic carbocycles. The van der Waals surface area contributed by atoms with Crippen molar-refractivity contribution >= 4 is 22.7 Å². The lowest BCUT2D eigenvalue weighted by atomic mass is 9.68. The third-order valence-electron chi connectivity index (χ3n) is 5.01. The summed E-state index contributed by atoms with van der Waals surface area (Å²) >= 11 is 0. The molecule has 0 saturated heterocycles. The average Bonchev–Trinajstić information content (AvgIpc) is 2.62. The Kier molecular flexibility index (Phi) is 3.16. The molecule has 0 saturated carbocycles. The minimum atomic E-state index is -0.168. The Morgan fingerprint density at radius 3 is 2.48 bits per heavy atom. The monoisotopic (exact) mass is 297 g/mol. The zero-order valence-electron chi connectivity index (χ0n) is 13.2. The van der Waals surface area contributed by atoms with Crippen LogP contribution in [0.15, 0.2) is 84.4 Å². The zero-order valence-corrected chi connectivity index (χ0v) is 13.2. The first-order chi connectivity index (χ1) is 11.2. The van der Waals surface area contributed by atoms with Gasteiger partial charge in [-0.25, -0.2) is 0 Å². The van der Waals surface area contributed by atoms with Gasteiger partial charge in [-0.1, -0.05) is 72.8 Å². The fraction of sp³-hybridized carbons (Fsp3) is 0.136. The summed E-state index contributed by atoms with van der Waals surface area (Å²) in [6.07, 6.45) is 4.16. The van der Waals surface area contributed by atoms with Gasteiger partial charge in [0.25, 0.3) is 0 Å². The first-order valence-electron chi connectivity index (χ1n) is 7.99. The van der Waals surface area contributed by atoms with Gasteiger partial charge in [0.15, 0.2) is 0 Å². The van der Waals surface area contributed by atoms with E-state index in [4.69, 9.17) is 4.99 Å². The first-order valence-corrected chi connectivity index (χ1v) is 7.99. The molecule has 0 amide bonds. The van der Waals surface area contributed by atoms with E-state index in [1.165, 1.54) is 21.9 Å². The molecule has 0 aromatic heterocycles. The summed E-state index contributed by atoms with van der Waals surface area (Å²) in [5.41, 5.74) is 3.44. The molecule has 1 heterocycles. The summed E-state index contributed by atoms with van der Waals surface area (Å²) < 4.78 is 0. The molecular weight excluding hydrogens is 278 g/mol. The van der Waals surface area contributed by atoms with Crippen LogP contribution in [0.4, 0.5) is 5.69 Å². The van der Waals surface area contributed by atoms with Gasteiger partial charge in [0.2, 0.25) is 0 Å². The second-order valence-corrected chi connectivity index (χ2v) is 6.34. The van der Waals surface area contributed by atoms with Crippen LogP contribution in [0.1, 0.15) is 24.0 Å². The highest BCUT2D eigenvalue weighted by Crippen LogP contribution is 2.47. The van der Waals surface area contributed by atoms with Crippen molar-refractivity contribution in [2.45, 2.75) is 18.3 Å². The van der Waals surface area contributed by atoms with Crippen molar-refractivity contribution in [1.29, 1.82) is 0 Å². The molecular formula is C22H19N. The molecule has 0 N–H and O–H groups in total. The van der Waals surface area contributed by atoms with Gasteiger partial charge in [0.05, 0.1) is 5.69 Å². The Morgan fingerprint density at radius 1 is 0.957 bits per heavy atom. The zero-order chi connectivity index (χ0) is 15.9. The van der Waals surface area contributed by atoms with E-state index < -0.39 is 0 Å². The number of nitrogens with zero attached hydrogens (tertiary/aromatic N) is 1. The maximum Gasteiger partial charge on any atom is 0.0742 e. The van der Waals surface area contributed by atoms with Crippen LogP contribution in [0.3, 0.4) is 0 Å². The van der Waals surface area contributed by atoms with E-state index in [1.54, 1.807) is 0 Å². The maximum atomic E-state index is 4.88. The predicted molar refractivity (Wildman–Crippen MR) is 98.8 cm³/mol. The third-order valence-corrected chi connectivity index (χ3v) is 5.01. The lowest BCUT2D eigenvalue weighted by molar-refractivity contribution is 0.573. The van der Waals surface area contributed by atoms with Gasteiger partial charge >= 0.3 is 0 Å². The number of hydrogen-bond acceptors (Lipinski definition) is 1. The van der Waals surface area contributed by atoms with E-state index in [2.05, 4.69) is 92.5 Å². The highest BCUT2D eigenvalue weighted by Gasteiger charge is 2.37. The van der Waals surface area contributed by atoms with Crippen molar-refractivity contribution in [2.75, 3.05) is 0 Å². The van der Waals surface area contributed by atoms with E-state index in [0.29, 0.717) is 0 Å². The third kappa shape index (κ3) is 2.04. The van der Waals surface area contributed by atoms with Crippen molar-refractivity contribution in [1.82, 2.24) is 0 Å². The summed E-state index contributed by atoms with van der Waals surface area (Å²) in [6, 6.07) is 23.4. The minimum Gasteiger partial charge on any atom is -0.259 e. The van der Waals surface area contributed by atoms with Gasteiger partial charge in [-0.15, -0.1) is 6.58 Å². The van der Waals surface area contributed by atoms with E-state index in [0.717, 1.165) is 5.69 Å². The average molecular weight is 297 g/mol. The minimum absolute atomic E-state index is 0.168. The van der Waals surface area contributed by atoms with Gasteiger partial charge in [-0.05, 0) is 23.4 Å². The molecule has 2 unspecified atom stereocenters. The molecule has 2 atom stereocenters. The summed E-state index contributed by atoms with van der Waals surface area (Å²) in [7, 11) is 0. The van der Waals surface area contributed by atoms with Crippen LogP contribution in [0.25, 0.3) is 10.8 Å². The number of rotatable bonds is 2. The smallest absolute Gasteiger partial charge is 0.0742 e. The van der Waals surface area contributed by atoms with Crippen LogP contribution >= 0.6 is 0 Å². The number of allylic oxidation sites excluding steroid dienone is 1. The van der Waals surface area contributed by atoms with Gasteiger partial charge in [-0.2, -0.15) is 0 Å². The van der Waals surface area contributed by atoms with Gasteiger partial charge < -0.3 is 0 Å². The summed E-state index contributed by atoms with van der Waals surface area (Å²) in [6.45, 7) is 6.37. The SMILES string of the molecule is C=CC1c2ccc3ccccc3c2N=CC1(C)c1ccccc1. The van der Waals surface area contributed by atoms with Crippen LogP contribution in [0.2, 0.25) is 0 Å². The van der Waals surface area contributed by atoms with E-state index in [1.807, 2.05) is 0 Å². The largest absolute Gasteiger partial charge is 0.259 e. The van der Waals surface area contributed by atoms with Gasteiger partial charge in [-0.3, -0.25) is 4.99 Å². The van der Waals surface area contributed by atoms with E-state index in [9.17, 15) is 0 Å². The highest BCUT2D eigenvalue weighted by molar-refractivity contribution is 5.98. The Morgan fingerprint density at radius 2 is 1.70 bits per heavy atom. The van der Waals surface area contributed by atoms with Crippen molar-refractivity contribution in [3.05, 3.63) is 90.5 Å². The highest BCUT2D eigenvalue weighted by atomic mass is 14.8. The summed E-state index contributed by atoms with van der Waals surface area (Å²) in [4.78, 5) is 4.88. The molecule has 112 valence electrons. The molecule has 0 fully saturated rings. The fourth-order valence-corrected chi connectivity index (χ4v) is 3.69. The predicted octanol–water partition coefficient (Wildman–Crippen LogP) is 5.78. The van der Waals surface area contributed by atoms with Crippen molar-refractivity contribution in [3.63, 3.8) is 0 Å². The van der Waals surface area contributed by atoms with Crippen LogP contribution in [-0.2, 0) is 5.41 Å². The van der Waals surface area contributed by atoms with Gasteiger partial charge in [0, 0.05) is 22.9 Å². The molecule has 0 radical (unpaired) electrons. The molecule has 0 spiro atoms. The molecule has 1 nitrogen and oxygen atoms in total. The second kappa shape index (κ2) is 5.20. The molecule has 0 aliphatic carbocycles. The second-order valence-electron chi connectivity index (χ2n) is 6.34. The Balaban J connectivity index is 1.96. The standard InChI is InChI=1S/C22H19N/c1-3-20-19-14-13-16-9-7-8-12-18(16)21(19)23-15-22(20,2)17-10-5-4-6-11-17/h3-15,20H,1H2,2H3. The molecule has 1 heteroatoms. The lowest BCUT2D eigenvalue weighted by Gasteiger charge is -2.37. The number of hydrogen-bond donors (Lipinski definition) is 0. The van der Waals surface area contributed by atoms with Crippen molar-refractivity contribution in [3.8, 4) is 0 Å². The van der Waals surface area contributed by atoms with Crippen LogP contribution in [-0.4, -0.2) is 6.21 Å². The maximum absolute atomic E-state index is 4.88. The Hall–Kier alpha value is -2.67. The summed E-state index contributed by atoms with van der Waals surface area (Å²) in [5, 5.41) is 2.44. The molecule has 1 aliphatic heterocycles. The number of benzene rings is 3. The van der Waals surface area contributed by atoms with Crippen LogP contribution in [0, 0.1) is 0 Å². The molecule has 0 bridgehead atoms. The topological polar surface area (TPSA) is 12.4 Å². The van der Waals surface area contributed by atoms with Crippen LogP contribution < -0.4 is 0 Å². The number of aliphatic imine (C=N–C) groups is 1. The quantitative estimate of drug-likeness (QED) is 0.531. The Bertz CT molecular complexity index is 908. The van der Waals surface area contributed by atoms with Crippen molar-refractivity contribution < 1.29 is 0 Å². The molecule has 3 aromatic rings. The van der Waals surface area contributed by atoms with Crippen LogP contribution in [0.5, 0.6) is 0 Å². The molecule has 1 aliphatic rings. The Labute approximate surface area is 137 Å². The van der Waals surface area contributed by atoms with E-state index >= 15 is 0 Å². The molecule has 23 heavy (non-hydrogen) atoms.